The summed E-state index contributed by atoms with van der Waals surface area (Å²) in [5.74, 6) is 0.318. The van der Waals surface area contributed by atoms with E-state index in [4.69, 9.17) is 22.1 Å². The van der Waals surface area contributed by atoms with Gasteiger partial charge in [0.2, 0.25) is 0 Å². The predicted octanol–water partition coefficient (Wildman–Crippen LogP) is 0.699. The van der Waals surface area contributed by atoms with Crippen LogP contribution in [0.5, 0.6) is 0 Å². The smallest absolute Gasteiger partial charge is 0.300 e. The van der Waals surface area contributed by atoms with Gasteiger partial charge in [-0.05, 0) is 0 Å². The monoisotopic (exact) mass is 179 g/mol. The van der Waals surface area contributed by atoms with Crippen LogP contribution in [0.15, 0.2) is 0 Å². The molecule has 58 valence electrons. The van der Waals surface area contributed by atoms with Gasteiger partial charge in [0, 0.05) is 19.2 Å². The van der Waals surface area contributed by atoms with E-state index in [0.717, 1.165) is 23.5 Å². The molecule has 0 aliphatic carbocycles. The van der Waals surface area contributed by atoms with Crippen LogP contribution >= 0.6 is 24.0 Å². The van der Waals surface area contributed by atoms with E-state index in [1.54, 1.807) is 11.8 Å². The molecule has 3 nitrogen and oxygen atoms in total. The maximum Gasteiger partial charge on any atom is 0.300 e. The maximum absolute atomic E-state index is 9.00. The number of hydrogen-bond donors (Lipinski definition) is 2. The highest BCUT2D eigenvalue weighted by molar-refractivity contribution is 8.23. The minimum absolute atomic E-state index is 0.833. The fraction of sp³-hybridized carbons (Fsp3) is 0.600. The van der Waals surface area contributed by atoms with Crippen molar-refractivity contribution in [3.63, 3.8) is 0 Å². The molecule has 0 amide bonds. The molecule has 0 bridgehead atoms. The summed E-state index contributed by atoms with van der Waals surface area (Å²) in [6, 6.07) is 0. The molecule has 2 N–H and O–H groups in total. The van der Waals surface area contributed by atoms with Crippen LogP contribution in [-0.2, 0) is 4.79 Å². The third-order valence-corrected chi connectivity index (χ3v) is 1.92. The van der Waals surface area contributed by atoms with Gasteiger partial charge in [-0.1, -0.05) is 24.0 Å². The van der Waals surface area contributed by atoms with Crippen molar-refractivity contribution in [1.29, 1.82) is 0 Å². The molecule has 1 saturated heterocycles. The van der Waals surface area contributed by atoms with Gasteiger partial charge < -0.3 is 10.4 Å². The Bertz CT molecular complexity index is 126. The van der Waals surface area contributed by atoms with Crippen LogP contribution in [0.3, 0.4) is 0 Å². The first-order chi connectivity index (χ1) is 4.63. The highest BCUT2D eigenvalue weighted by Gasteiger charge is 2.01. The molecular weight excluding hydrogens is 170 g/mol. The number of thioether (sulfide) groups is 1. The van der Waals surface area contributed by atoms with E-state index in [0.29, 0.717) is 0 Å². The summed E-state index contributed by atoms with van der Waals surface area (Å²) in [7, 11) is 0. The van der Waals surface area contributed by atoms with Crippen molar-refractivity contribution in [2.45, 2.75) is 6.92 Å². The summed E-state index contributed by atoms with van der Waals surface area (Å²) < 4.78 is 0.954. The fourth-order valence-corrected chi connectivity index (χ4v) is 1.29. The zero-order valence-corrected chi connectivity index (χ0v) is 7.22. The van der Waals surface area contributed by atoms with Crippen LogP contribution in [0.2, 0.25) is 0 Å². The van der Waals surface area contributed by atoms with Crippen molar-refractivity contribution in [1.82, 2.24) is 5.32 Å². The van der Waals surface area contributed by atoms with Crippen molar-refractivity contribution in [3.05, 3.63) is 0 Å². The molecule has 0 unspecified atom stereocenters. The zero-order valence-electron chi connectivity index (χ0n) is 5.59. The lowest BCUT2D eigenvalue weighted by Crippen LogP contribution is -2.09. The molecule has 0 saturated carbocycles. The van der Waals surface area contributed by atoms with Gasteiger partial charge in [0.05, 0.1) is 0 Å². The Morgan fingerprint density at radius 3 is 2.50 bits per heavy atom. The van der Waals surface area contributed by atoms with Gasteiger partial charge >= 0.3 is 0 Å². The molecule has 10 heavy (non-hydrogen) atoms. The molecule has 1 heterocycles. The number of thiocarbonyl (C=S) groups is 1. The molecule has 1 aliphatic heterocycles. The van der Waals surface area contributed by atoms with E-state index in [2.05, 4.69) is 5.32 Å². The third kappa shape index (κ3) is 7.71. The second-order valence-corrected chi connectivity index (χ2v) is 3.35. The van der Waals surface area contributed by atoms with E-state index >= 15 is 0 Å². The molecule has 1 aliphatic rings. The second kappa shape index (κ2) is 5.49. The Balaban J connectivity index is 0.000000180. The number of aliphatic carboxylic acids is 1. The van der Waals surface area contributed by atoms with Gasteiger partial charge in [-0.25, -0.2) is 0 Å². The lowest BCUT2D eigenvalue weighted by molar-refractivity contribution is -0.134. The highest BCUT2D eigenvalue weighted by Crippen LogP contribution is 2.05. The molecule has 1 fully saturated rings. The van der Waals surface area contributed by atoms with E-state index in [9.17, 15) is 0 Å². The Hall–Kier alpha value is -0.290. The van der Waals surface area contributed by atoms with Crippen LogP contribution in [0.1, 0.15) is 6.92 Å². The van der Waals surface area contributed by atoms with E-state index in [1.165, 1.54) is 0 Å². The average Bonchev–Trinajstić information content (AvgIpc) is 2.15. The lowest BCUT2D eigenvalue weighted by Gasteiger charge is -1.82. The Morgan fingerprint density at radius 2 is 2.40 bits per heavy atom. The van der Waals surface area contributed by atoms with Gasteiger partial charge in [-0.2, -0.15) is 0 Å². The maximum atomic E-state index is 9.00. The van der Waals surface area contributed by atoms with Crippen molar-refractivity contribution in [2.24, 2.45) is 0 Å². The van der Waals surface area contributed by atoms with Crippen molar-refractivity contribution in [3.8, 4) is 0 Å². The minimum atomic E-state index is -0.833. The topological polar surface area (TPSA) is 49.3 Å². The number of carboxylic acids is 1. The van der Waals surface area contributed by atoms with Crippen LogP contribution < -0.4 is 5.32 Å². The standard InChI is InChI=1S/C3H5NS2.C2H4O2/c5-3-4-1-2-6-3;1-2(3)4/h1-2H2,(H,4,5);1H3,(H,3,4). The van der Waals surface area contributed by atoms with Crippen molar-refractivity contribution in [2.75, 3.05) is 12.3 Å². The summed E-state index contributed by atoms with van der Waals surface area (Å²) in [6.45, 7) is 2.14. The minimum Gasteiger partial charge on any atom is -0.481 e. The molecule has 0 aromatic rings. The van der Waals surface area contributed by atoms with E-state index in [1.807, 2.05) is 0 Å². The van der Waals surface area contributed by atoms with Crippen molar-refractivity contribution >= 4 is 34.3 Å². The molecular formula is C5H9NO2S2. The van der Waals surface area contributed by atoms with Crippen molar-refractivity contribution < 1.29 is 9.90 Å². The first-order valence-corrected chi connectivity index (χ1v) is 4.12. The molecule has 0 spiro atoms. The zero-order chi connectivity index (χ0) is 7.98. The molecule has 0 aromatic carbocycles. The second-order valence-electron chi connectivity index (χ2n) is 1.58. The van der Waals surface area contributed by atoms with E-state index < -0.39 is 5.97 Å². The summed E-state index contributed by atoms with van der Waals surface area (Å²) in [4.78, 5) is 9.00. The van der Waals surface area contributed by atoms with Gasteiger partial charge in [-0.15, -0.1) is 0 Å². The third-order valence-electron chi connectivity index (χ3n) is 0.605. The number of rotatable bonds is 0. The summed E-state index contributed by atoms with van der Waals surface area (Å²) in [5.41, 5.74) is 0. The first kappa shape index (κ1) is 9.71. The summed E-state index contributed by atoms with van der Waals surface area (Å²) in [6.07, 6.45) is 0. The number of hydrogen-bond acceptors (Lipinski definition) is 3. The number of carbonyl (C=O) groups is 1. The SMILES string of the molecule is CC(=O)O.S=C1NCCS1. The molecule has 0 atom stereocenters. The predicted molar refractivity (Wildman–Crippen MR) is 46.4 cm³/mol. The number of nitrogens with one attached hydrogen (secondary N) is 1. The molecule has 0 aromatic heterocycles. The lowest BCUT2D eigenvalue weighted by atomic mass is 10.8. The summed E-state index contributed by atoms with van der Waals surface area (Å²) >= 11 is 6.49. The van der Waals surface area contributed by atoms with Crippen LogP contribution in [-0.4, -0.2) is 27.7 Å². The first-order valence-electron chi connectivity index (χ1n) is 2.73. The summed E-state index contributed by atoms with van der Waals surface area (Å²) in [5, 5.41) is 10.4. The van der Waals surface area contributed by atoms with E-state index in [-0.39, 0.29) is 0 Å². The molecule has 0 radical (unpaired) electrons. The quantitative estimate of drug-likeness (QED) is 0.536. The van der Waals surface area contributed by atoms with Crippen LogP contribution in [0.25, 0.3) is 0 Å². The Labute approximate surface area is 69.2 Å². The van der Waals surface area contributed by atoms with Gasteiger partial charge in [0.15, 0.2) is 0 Å². The van der Waals surface area contributed by atoms with Gasteiger partial charge in [-0.3, -0.25) is 4.79 Å². The fourth-order valence-electron chi connectivity index (χ4n) is 0.348. The number of carboxylic acid groups (broad SMARTS) is 1. The van der Waals surface area contributed by atoms with Crippen LogP contribution in [0, 0.1) is 0 Å². The normalized spacial score (nSPS) is 15.1. The molecule has 5 heteroatoms. The Morgan fingerprint density at radius 1 is 1.90 bits per heavy atom. The average molecular weight is 179 g/mol. The molecule has 1 rings (SSSR count). The van der Waals surface area contributed by atoms with Crippen LogP contribution in [0.4, 0.5) is 0 Å². The van der Waals surface area contributed by atoms with Gasteiger partial charge in [0.25, 0.3) is 5.97 Å². The Kier molecular flexibility index (Phi) is 5.33. The largest absolute Gasteiger partial charge is 0.481 e. The highest BCUT2D eigenvalue weighted by atomic mass is 32.2. The van der Waals surface area contributed by atoms with Gasteiger partial charge in [0.1, 0.15) is 4.32 Å².